The van der Waals surface area contributed by atoms with E-state index in [9.17, 15) is 0 Å². The molecule has 0 aromatic rings. The lowest BCUT2D eigenvalue weighted by molar-refractivity contribution is 0.851. The highest BCUT2D eigenvalue weighted by atomic mass is 14.8. The predicted octanol–water partition coefficient (Wildman–Crippen LogP) is 2.24. The first kappa shape index (κ1) is 9.02. The summed E-state index contributed by atoms with van der Waals surface area (Å²) in [6.07, 6.45) is 10.8. The van der Waals surface area contributed by atoms with Crippen LogP contribution in [0.2, 0.25) is 0 Å². The molecule has 0 aromatic heterocycles. The van der Waals surface area contributed by atoms with E-state index in [1.165, 1.54) is 0 Å². The Labute approximate surface area is 63.1 Å². The molecule has 0 saturated heterocycles. The van der Waals surface area contributed by atoms with Crippen molar-refractivity contribution in [1.29, 1.82) is 0 Å². The van der Waals surface area contributed by atoms with Crippen molar-refractivity contribution in [2.45, 2.75) is 13.3 Å². The minimum Gasteiger partial charge on any atom is -0.391 e. The summed E-state index contributed by atoms with van der Waals surface area (Å²) < 4.78 is 0. The first-order valence-electron chi connectivity index (χ1n) is 3.54. The topological polar surface area (TPSA) is 12.0 Å². The molecular formula is C9H15N. The molecule has 0 amide bonds. The molecule has 56 valence electrons. The Morgan fingerprint density at radius 2 is 2.30 bits per heavy atom. The highest BCUT2D eigenvalue weighted by Crippen LogP contribution is 1.80. The number of hydrogen-bond donors (Lipinski definition) is 1. The lowest BCUT2D eigenvalue weighted by atomic mass is 10.4. The van der Waals surface area contributed by atoms with Crippen molar-refractivity contribution in [3.63, 3.8) is 0 Å². The average molecular weight is 137 g/mol. The lowest BCUT2D eigenvalue weighted by Crippen LogP contribution is -2.04. The number of allylic oxidation sites excluding steroid dienone is 3. The molecule has 0 radical (unpaired) electrons. The van der Waals surface area contributed by atoms with Gasteiger partial charge in [0.2, 0.25) is 0 Å². The van der Waals surface area contributed by atoms with Gasteiger partial charge >= 0.3 is 0 Å². The van der Waals surface area contributed by atoms with Crippen LogP contribution >= 0.6 is 0 Å². The molecule has 1 N–H and O–H groups in total. The SMILES string of the molecule is C=C/C=C\CCN/C=C\C. The molecule has 0 aliphatic carbocycles. The second-order valence-electron chi connectivity index (χ2n) is 1.91. The largest absolute Gasteiger partial charge is 0.391 e. The van der Waals surface area contributed by atoms with Gasteiger partial charge < -0.3 is 5.32 Å². The van der Waals surface area contributed by atoms with E-state index in [2.05, 4.69) is 18.0 Å². The monoisotopic (exact) mass is 137 g/mol. The first-order chi connectivity index (χ1) is 4.91. The fourth-order valence-corrected chi connectivity index (χ4v) is 0.560. The van der Waals surface area contributed by atoms with Gasteiger partial charge in [0.15, 0.2) is 0 Å². The van der Waals surface area contributed by atoms with Gasteiger partial charge in [-0.05, 0) is 19.5 Å². The molecule has 1 heteroatoms. The van der Waals surface area contributed by atoms with Crippen molar-refractivity contribution in [1.82, 2.24) is 5.32 Å². The standard InChI is InChI=1S/C9H15N/c1-3-5-6-7-9-10-8-4-2/h3-6,8,10H,1,7,9H2,2H3/b6-5-,8-4-. The Bertz CT molecular complexity index is 123. The minimum absolute atomic E-state index is 0.995. The summed E-state index contributed by atoms with van der Waals surface area (Å²) in [7, 11) is 0. The normalized spacial score (nSPS) is 10.9. The Morgan fingerprint density at radius 1 is 1.50 bits per heavy atom. The van der Waals surface area contributed by atoms with Crippen LogP contribution in [-0.2, 0) is 0 Å². The van der Waals surface area contributed by atoms with E-state index in [0.29, 0.717) is 0 Å². The number of nitrogens with one attached hydrogen (secondary N) is 1. The Morgan fingerprint density at radius 3 is 2.90 bits per heavy atom. The van der Waals surface area contributed by atoms with Crippen LogP contribution in [-0.4, -0.2) is 6.54 Å². The van der Waals surface area contributed by atoms with E-state index in [-0.39, 0.29) is 0 Å². The van der Waals surface area contributed by atoms with E-state index in [1.54, 1.807) is 6.08 Å². The Balaban J connectivity index is 3.04. The zero-order chi connectivity index (χ0) is 7.66. The van der Waals surface area contributed by atoms with Crippen LogP contribution in [0.15, 0.2) is 37.1 Å². The summed E-state index contributed by atoms with van der Waals surface area (Å²) >= 11 is 0. The van der Waals surface area contributed by atoms with E-state index >= 15 is 0 Å². The van der Waals surface area contributed by atoms with Crippen LogP contribution in [0.5, 0.6) is 0 Å². The second-order valence-corrected chi connectivity index (χ2v) is 1.91. The van der Waals surface area contributed by atoms with Crippen LogP contribution in [0, 0.1) is 0 Å². The third-order valence-corrected chi connectivity index (χ3v) is 1.01. The third-order valence-electron chi connectivity index (χ3n) is 1.01. The molecule has 10 heavy (non-hydrogen) atoms. The third kappa shape index (κ3) is 7.02. The van der Waals surface area contributed by atoms with Gasteiger partial charge in [-0.25, -0.2) is 0 Å². The van der Waals surface area contributed by atoms with E-state index in [1.807, 2.05) is 25.3 Å². The average Bonchev–Trinajstić information content (AvgIpc) is 1.97. The molecule has 0 rings (SSSR count). The summed E-state index contributed by atoms with van der Waals surface area (Å²) in [5, 5.41) is 3.13. The van der Waals surface area contributed by atoms with Crippen molar-refractivity contribution >= 4 is 0 Å². The van der Waals surface area contributed by atoms with Gasteiger partial charge in [0.1, 0.15) is 0 Å². The summed E-state index contributed by atoms with van der Waals surface area (Å²) in [4.78, 5) is 0. The van der Waals surface area contributed by atoms with Gasteiger partial charge in [0.25, 0.3) is 0 Å². The molecule has 0 spiro atoms. The highest BCUT2D eigenvalue weighted by molar-refractivity contribution is 4.97. The summed E-state index contributed by atoms with van der Waals surface area (Å²) in [5.41, 5.74) is 0. The van der Waals surface area contributed by atoms with E-state index in [4.69, 9.17) is 0 Å². The van der Waals surface area contributed by atoms with Crippen LogP contribution in [0.1, 0.15) is 13.3 Å². The molecule has 0 bridgehead atoms. The van der Waals surface area contributed by atoms with Gasteiger partial charge in [-0.2, -0.15) is 0 Å². The maximum atomic E-state index is 3.57. The highest BCUT2D eigenvalue weighted by Gasteiger charge is 1.73. The molecule has 0 fully saturated rings. The van der Waals surface area contributed by atoms with Gasteiger partial charge in [-0.15, -0.1) is 0 Å². The Kier molecular flexibility index (Phi) is 7.23. The molecule has 0 aliphatic heterocycles. The van der Waals surface area contributed by atoms with Crippen molar-refractivity contribution < 1.29 is 0 Å². The minimum atomic E-state index is 0.995. The van der Waals surface area contributed by atoms with Gasteiger partial charge in [-0.1, -0.05) is 30.9 Å². The van der Waals surface area contributed by atoms with Gasteiger partial charge in [0, 0.05) is 6.54 Å². The molecule has 0 aromatic carbocycles. The van der Waals surface area contributed by atoms with E-state index in [0.717, 1.165) is 13.0 Å². The van der Waals surface area contributed by atoms with Gasteiger partial charge in [-0.3, -0.25) is 0 Å². The first-order valence-corrected chi connectivity index (χ1v) is 3.54. The van der Waals surface area contributed by atoms with Crippen molar-refractivity contribution in [3.8, 4) is 0 Å². The van der Waals surface area contributed by atoms with Crippen molar-refractivity contribution in [3.05, 3.63) is 37.1 Å². The van der Waals surface area contributed by atoms with Crippen molar-refractivity contribution in [2.75, 3.05) is 6.54 Å². The zero-order valence-electron chi connectivity index (χ0n) is 6.51. The summed E-state index contributed by atoms with van der Waals surface area (Å²) in [6, 6.07) is 0. The quantitative estimate of drug-likeness (QED) is 0.452. The van der Waals surface area contributed by atoms with Crippen LogP contribution < -0.4 is 5.32 Å². The molecular weight excluding hydrogens is 122 g/mol. The molecule has 0 unspecified atom stereocenters. The van der Waals surface area contributed by atoms with E-state index < -0.39 is 0 Å². The molecule has 0 saturated carbocycles. The lowest BCUT2D eigenvalue weighted by Gasteiger charge is -1.93. The smallest absolute Gasteiger partial charge is 0.0176 e. The molecule has 0 atom stereocenters. The predicted molar refractivity (Wildman–Crippen MR) is 46.8 cm³/mol. The Hall–Kier alpha value is -0.980. The maximum absolute atomic E-state index is 3.57. The molecule has 1 nitrogen and oxygen atoms in total. The zero-order valence-corrected chi connectivity index (χ0v) is 6.51. The number of rotatable bonds is 5. The van der Waals surface area contributed by atoms with Crippen LogP contribution in [0.4, 0.5) is 0 Å². The summed E-state index contributed by atoms with van der Waals surface area (Å²) in [6.45, 7) is 6.56. The fraction of sp³-hybridized carbons (Fsp3) is 0.333. The van der Waals surface area contributed by atoms with Crippen LogP contribution in [0.25, 0.3) is 0 Å². The molecule has 0 heterocycles. The molecule has 0 aliphatic rings. The fourth-order valence-electron chi connectivity index (χ4n) is 0.560. The summed E-state index contributed by atoms with van der Waals surface area (Å²) in [5.74, 6) is 0. The number of hydrogen-bond acceptors (Lipinski definition) is 1. The maximum Gasteiger partial charge on any atom is 0.0176 e. The van der Waals surface area contributed by atoms with Gasteiger partial charge in [0.05, 0.1) is 0 Å². The van der Waals surface area contributed by atoms with Crippen LogP contribution in [0.3, 0.4) is 0 Å². The second kappa shape index (κ2) is 8.02. The van der Waals surface area contributed by atoms with Crippen molar-refractivity contribution in [2.24, 2.45) is 0 Å².